The Morgan fingerprint density at radius 1 is 1.10 bits per heavy atom. The number of para-hydroxylation sites is 1. The molecule has 1 heterocycles. The number of amidine groups is 1. The molecule has 0 radical (unpaired) electrons. The number of ether oxygens (including phenoxy) is 1. The van der Waals surface area contributed by atoms with E-state index in [1.165, 1.54) is 18.2 Å². The molecule has 0 spiro atoms. The molecular formula is C24H23N3O2S. The molecule has 1 aliphatic carbocycles. The molecule has 2 aromatic carbocycles. The smallest absolute Gasteiger partial charge is 0.267 e. The summed E-state index contributed by atoms with van der Waals surface area (Å²) in [4.78, 5) is 20.7. The van der Waals surface area contributed by atoms with E-state index in [0.717, 1.165) is 42.1 Å². The van der Waals surface area contributed by atoms with Gasteiger partial charge in [0.05, 0.1) is 10.6 Å². The van der Waals surface area contributed by atoms with Gasteiger partial charge in [0.25, 0.3) is 5.91 Å². The molecular weight excluding hydrogens is 394 g/mol. The van der Waals surface area contributed by atoms with Crippen molar-refractivity contribution in [3.05, 3.63) is 65.1 Å². The molecule has 1 amide bonds. The van der Waals surface area contributed by atoms with Crippen LogP contribution >= 0.6 is 11.8 Å². The molecule has 1 aliphatic heterocycles. The SMILES string of the molecule is N#CCOc1ccc(/C=C2/SC(=Nc3ccccc3)N(C3CCCCC3)C2=O)cc1. The molecule has 30 heavy (non-hydrogen) atoms. The lowest BCUT2D eigenvalue weighted by molar-refractivity contribution is -0.124. The van der Waals surface area contributed by atoms with Crippen LogP contribution in [0.3, 0.4) is 0 Å². The van der Waals surface area contributed by atoms with E-state index in [1.54, 1.807) is 0 Å². The molecule has 2 aromatic rings. The van der Waals surface area contributed by atoms with E-state index >= 15 is 0 Å². The average molecular weight is 418 g/mol. The van der Waals surface area contributed by atoms with Crippen molar-refractivity contribution in [2.75, 3.05) is 6.61 Å². The maximum absolute atomic E-state index is 13.3. The van der Waals surface area contributed by atoms with E-state index in [0.29, 0.717) is 10.7 Å². The summed E-state index contributed by atoms with van der Waals surface area (Å²) in [5, 5.41) is 9.39. The third kappa shape index (κ3) is 4.74. The van der Waals surface area contributed by atoms with E-state index < -0.39 is 0 Å². The topological polar surface area (TPSA) is 65.7 Å². The normalized spacial score (nSPS) is 20.0. The van der Waals surface area contributed by atoms with Gasteiger partial charge in [0.1, 0.15) is 11.8 Å². The molecule has 1 saturated heterocycles. The summed E-state index contributed by atoms with van der Waals surface area (Å²) in [6.45, 7) is 0.0183. The molecule has 0 N–H and O–H groups in total. The Morgan fingerprint density at radius 3 is 2.53 bits per heavy atom. The Labute approximate surface area is 181 Å². The molecule has 0 aromatic heterocycles. The van der Waals surface area contributed by atoms with E-state index in [1.807, 2.05) is 71.6 Å². The zero-order valence-electron chi connectivity index (χ0n) is 16.7. The maximum Gasteiger partial charge on any atom is 0.267 e. The fourth-order valence-corrected chi connectivity index (χ4v) is 4.82. The first-order valence-corrected chi connectivity index (χ1v) is 11.0. The van der Waals surface area contributed by atoms with Gasteiger partial charge in [0.15, 0.2) is 11.8 Å². The van der Waals surface area contributed by atoms with Crippen LogP contribution in [-0.4, -0.2) is 28.6 Å². The van der Waals surface area contributed by atoms with Crippen LogP contribution in [0.5, 0.6) is 5.75 Å². The third-order valence-electron chi connectivity index (χ3n) is 5.24. The number of thioether (sulfide) groups is 1. The lowest BCUT2D eigenvalue weighted by Gasteiger charge is -2.30. The van der Waals surface area contributed by atoms with E-state index in [2.05, 4.69) is 0 Å². The number of amides is 1. The van der Waals surface area contributed by atoms with Gasteiger partial charge in [-0.15, -0.1) is 0 Å². The van der Waals surface area contributed by atoms with Crippen LogP contribution in [0.1, 0.15) is 37.7 Å². The minimum Gasteiger partial charge on any atom is -0.479 e. The molecule has 6 heteroatoms. The standard InChI is InChI=1S/C24H23N3O2S/c25-15-16-29-21-13-11-18(12-14-21)17-22-23(28)27(20-9-5-2-6-10-20)24(30-22)26-19-7-3-1-4-8-19/h1,3-4,7-8,11-14,17,20H,2,5-6,9-10,16H2/b22-17+,26-24?. The molecule has 4 rings (SSSR count). The van der Waals surface area contributed by atoms with Crippen molar-refractivity contribution < 1.29 is 9.53 Å². The lowest BCUT2D eigenvalue weighted by atomic mass is 9.94. The first kappa shape index (κ1) is 20.2. The van der Waals surface area contributed by atoms with Crippen molar-refractivity contribution >= 4 is 34.6 Å². The largest absolute Gasteiger partial charge is 0.479 e. The monoisotopic (exact) mass is 417 g/mol. The highest BCUT2D eigenvalue weighted by Crippen LogP contribution is 2.38. The average Bonchev–Trinajstić information content (AvgIpc) is 3.09. The first-order valence-electron chi connectivity index (χ1n) is 10.2. The lowest BCUT2D eigenvalue weighted by Crippen LogP contribution is -2.40. The molecule has 0 bridgehead atoms. The number of rotatable bonds is 5. The van der Waals surface area contributed by atoms with Gasteiger partial charge in [0, 0.05) is 6.04 Å². The van der Waals surface area contributed by atoms with Crippen molar-refractivity contribution in [3.63, 3.8) is 0 Å². The predicted octanol–water partition coefficient (Wildman–Crippen LogP) is 5.53. The second kappa shape index (κ2) is 9.64. The van der Waals surface area contributed by atoms with Crippen LogP contribution in [0.4, 0.5) is 5.69 Å². The number of hydrogen-bond acceptors (Lipinski definition) is 5. The predicted molar refractivity (Wildman–Crippen MR) is 120 cm³/mol. The zero-order chi connectivity index (χ0) is 20.8. The van der Waals surface area contributed by atoms with E-state index in [-0.39, 0.29) is 18.6 Å². The summed E-state index contributed by atoms with van der Waals surface area (Å²) in [5.41, 5.74) is 1.77. The van der Waals surface area contributed by atoms with Crippen molar-refractivity contribution in [1.82, 2.24) is 4.90 Å². The highest BCUT2D eigenvalue weighted by molar-refractivity contribution is 8.18. The van der Waals surface area contributed by atoms with Gasteiger partial charge >= 0.3 is 0 Å². The molecule has 152 valence electrons. The first-order chi connectivity index (χ1) is 14.7. The minimum absolute atomic E-state index is 0.0183. The summed E-state index contributed by atoms with van der Waals surface area (Å²) < 4.78 is 5.30. The highest BCUT2D eigenvalue weighted by atomic mass is 32.2. The molecule has 1 saturated carbocycles. The Morgan fingerprint density at radius 2 is 1.83 bits per heavy atom. The summed E-state index contributed by atoms with van der Waals surface area (Å²) in [7, 11) is 0. The third-order valence-corrected chi connectivity index (χ3v) is 6.22. The van der Waals surface area contributed by atoms with Gasteiger partial charge in [-0.1, -0.05) is 49.6 Å². The second-order valence-corrected chi connectivity index (χ2v) is 8.33. The summed E-state index contributed by atoms with van der Waals surface area (Å²) in [6, 6.07) is 19.4. The van der Waals surface area contributed by atoms with Crippen LogP contribution in [0.25, 0.3) is 6.08 Å². The number of carbonyl (C=O) groups is 1. The van der Waals surface area contributed by atoms with Crippen molar-refractivity contribution in [1.29, 1.82) is 5.26 Å². The summed E-state index contributed by atoms with van der Waals surface area (Å²) >= 11 is 1.44. The zero-order valence-corrected chi connectivity index (χ0v) is 17.5. The van der Waals surface area contributed by atoms with Gasteiger partial charge in [-0.25, -0.2) is 4.99 Å². The van der Waals surface area contributed by atoms with Crippen LogP contribution in [0, 0.1) is 11.3 Å². The Balaban J connectivity index is 1.61. The molecule has 0 atom stereocenters. The Kier molecular flexibility index (Phi) is 6.50. The van der Waals surface area contributed by atoms with Crippen LogP contribution in [-0.2, 0) is 4.79 Å². The quantitative estimate of drug-likeness (QED) is 0.600. The minimum atomic E-state index is 0.0183. The van der Waals surface area contributed by atoms with Crippen molar-refractivity contribution in [3.8, 4) is 11.8 Å². The van der Waals surface area contributed by atoms with E-state index in [4.69, 9.17) is 15.0 Å². The van der Waals surface area contributed by atoms with Crippen LogP contribution in [0.2, 0.25) is 0 Å². The fraction of sp³-hybridized carbons (Fsp3) is 0.292. The summed E-state index contributed by atoms with van der Waals surface area (Å²) in [6.07, 6.45) is 7.50. The number of aliphatic imine (C=N–C) groups is 1. The molecule has 5 nitrogen and oxygen atoms in total. The number of nitrogens with zero attached hydrogens (tertiary/aromatic N) is 3. The maximum atomic E-state index is 13.3. The molecule has 0 unspecified atom stereocenters. The van der Waals surface area contributed by atoms with Crippen LogP contribution in [0.15, 0.2) is 64.5 Å². The fourth-order valence-electron chi connectivity index (χ4n) is 3.77. The number of benzene rings is 2. The van der Waals surface area contributed by atoms with Crippen LogP contribution < -0.4 is 4.74 Å². The van der Waals surface area contributed by atoms with Gasteiger partial charge in [-0.2, -0.15) is 5.26 Å². The van der Waals surface area contributed by atoms with E-state index in [9.17, 15) is 4.79 Å². The van der Waals surface area contributed by atoms with Crippen molar-refractivity contribution in [2.24, 2.45) is 4.99 Å². The number of carbonyl (C=O) groups excluding carboxylic acids is 1. The van der Waals surface area contributed by atoms with Gasteiger partial charge < -0.3 is 4.74 Å². The van der Waals surface area contributed by atoms with Crippen molar-refractivity contribution in [2.45, 2.75) is 38.1 Å². The summed E-state index contributed by atoms with van der Waals surface area (Å²) in [5.74, 6) is 0.672. The Hall–Kier alpha value is -3.04. The van der Waals surface area contributed by atoms with Gasteiger partial charge in [-0.05, 0) is 60.5 Å². The molecule has 2 fully saturated rings. The highest BCUT2D eigenvalue weighted by Gasteiger charge is 2.38. The Bertz CT molecular complexity index is 987. The van der Waals surface area contributed by atoms with Gasteiger partial charge in [-0.3, -0.25) is 9.69 Å². The second-order valence-electron chi connectivity index (χ2n) is 7.32. The molecule has 2 aliphatic rings. The number of nitriles is 1. The van der Waals surface area contributed by atoms with Gasteiger partial charge in [0.2, 0.25) is 0 Å². The number of hydrogen-bond donors (Lipinski definition) is 0.